The lowest BCUT2D eigenvalue weighted by atomic mass is 9.73. The van der Waals surface area contributed by atoms with E-state index >= 15 is 0 Å². The summed E-state index contributed by atoms with van der Waals surface area (Å²) in [5, 5.41) is 3.73. The van der Waals surface area contributed by atoms with Crippen molar-refractivity contribution in [2.45, 2.75) is 38.1 Å². The van der Waals surface area contributed by atoms with Crippen molar-refractivity contribution in [1.29, 1.82) is 0 Å². The molecule has 1 saturated heterocycles. The van der Waals surface area contributed by atoms with E-state index in [2.05, 4.69) is 35.6 Å². The zero-order valence-electron chi connectivity index (χ0n) is 9.86. The molecule has 16 heavy (non-hydrogen) atoms. The van der Waals surface area contributed by atoms with Crippen molar-refractivity contribution in [3.05, 3.63) is 35.9 Å². The fourth-order valence-corrected chi connectivity index (χ4v) is 3.48. The Morgan fingerprint density at radius 3 is 2.50 bits per heavy atom. The predicted octanol–water partition coefficient (Wildman–Crippen LogP) is 3.53. The van der Waals surface area contributed by atoms with Gasteiger partial charge in [0.25, 0.3) is 0 Å². The van der Waals surface area contributed by atoms with E-state index in [4.69, 9.17) is 0 Å². The number of nitrogens with one attached hydrogen (secondary N) is 1. The minimum Gasteiger partial charge on any atom is -0.310 e. The molecule has 1 aliphatic heterocycles. The van der Waals surface area contributed by atoms with Crippen molar-refractivity contribution in [1.82, 2.24) is 5.32 Å². The fraction of sp³-hybridized carbons (Fsp3) is 0.600. The number of benzene rings is 1. The van der Waals surface area contributed by atoms with Gasteiger partial charge in [0, 0.05) is 6.04 Å². The van der Waals surface area contributed by atoms with Gasteiger partial charge in [-0.2, -0.15) is 0 Å². The number of hydrogen-bond acceptors (Lipinski definition) is 1. The molecule has 2 fully saturated rings. The van der Waals surface area contributed by atoms with Gasteiger partial charge in [-0.25, -0.2) is 0 Å². The Kier molecular flexibility index (Phi) is 2.96. The van der Waals surface area contributed by atoms with Gasteiger partial charge in [-0.15, -0.1) is 0 Å². The van der Waals surface area contributed by atoms with Crippen LogP contribution in [0, 0.1) is 11.8 Å². The topological polar surface area (TPSA) is 12.0 Å². The summed E-state index contributed by atoms with van der Waals surface area (Å²) in [5.41, 5.74) is 1.48. The van der Waals surface area contributed by atoms with Gasteiger partial charge in [0.1, 0.15) is 0 Å². The summed E-state index contributed by atoms with van der Waals surface area (Å²) in [7, 11) is 0. The van der Waals surface area contributed by atoms with E-state index in [-0.39, 0.29) is 0 Å². The second-order valence-corrected chi connectivity index (χ2v) is 5.41. The Morgan fingerprint density at radius 2 is 1.69 bits per heavy atom. The molecule has 1 nitrogen and oxygen atoms in total. The third kappa shape index (κ3) is 2.01. The molecule has 3 atom stereocenters. The van der Waals surface area contributed by atoms with E-state index in [1.54, 1.807) is 0 Å². The molecule has 1 heteroatoms. The van der Waals surface area contributed by atoms with Gasteiger partial charge in [0.2, 0.25) is 0 Å². The fourth-order valence-electron chi connectivity index (χ4n) is 3.48. The maximum absolute atomic E-state index is 3.73. The average Bonchev–Trinajstić information content (AvgIpc) is 2.39. The van der Waals surface area contributed by atoms with Crippen molar-refractivity contribution >= 4 is 0 Å². The SMILES string of the molecule is c1ccc([C@@H]2C[C@@H]3CCCCC3CN2)cc1. The second-order valence-electron chi connectivity index (χ2n) is 5.41. The van der Waals surface area contributed by atoms with Crippen LogP contribution in [0.4, 0.5) is 0 Å². The van der Waals surface area contributed by atoms with Crippen molar-refractivity contribution in [3.8, 4) is 0 Å². The predicted molar refractivity (Wildman–Crippen MR) is 67.3 cm³/mol. The average molecular weight is 215 g/mol. The Bertz CT molecular complexity index is 333. The van der Waals surface area contributed by atoms with Crippen LogP contribution in [0.15, 0.2) is 30.3 Å². The van der Waals surface area contributed by atoms with Gasteiger partial charge in [0.15, 0.2) is 0 Å². The van der Waals surface area contributed by atoms with Crippen LogP contribution < -0.4 is 5.32 Å². The zero-order valence-corrected chi connectivity index (χ0v) is 9.86. The third-order valence-electron chi connectivity index (χ3n) is 4.43. The van der Waals surface area contributed by atoms with Gasteiger partial charge in [0.05, 0.1) is 0 Å². The molecular formula is C15H21N. The molecule has 86 valence electrons. The van der Waals surface area contributed by atoms with Gasteiger partial charge in [-0.3, -0.25) is 0 Å². The molecule has 3 rings (SSSR count). The van der Waals surface area contributed by atoms with Crippen molar-refractivity contribution in [2.24, 2.45) is 11.8 Å². The second kappa shape index (κ2) is 4.58. The van der Waals surface area contributed by atoms with Crippen molar-refractivity contribution in [3.63, 3.8) is 0 Å². The van der Waals surface area contributed by atoms with E-state index in [0.717, 1.165) is 11.8 Å². The van der Waals surface area contributed by atoms with E-state index in [9.17, 15) is 0 Å². The van der Waals surface area contributed by atoms with Crippen LogP contribution in [0.1, 0.15) is 43.7 Å². The summed E-state index contributed by atoms with van der Waals surface area (Å²) in [4.78, 5) is 0. The molecule has 1 aliphatic carbocycles. The maximum Gasteiger partial charge on any atom is 0.0323 e. The normalized spacial score (nSPS) is 34.4. The Balaban J connectivity index is 1.71. The summed E-state index contributed by atoms with van der Waals surface area (Å²) in [6.45, 7) is 1.24. The summed E-state index contributed by atoms with van der Waals surface area (Å²) >= 11 is 0. The number of hydrogen-bond donors (Lipinski definition) is 1. The van der Waals surface area contributed by atoms with Gasteiger partial charge in [-0.1, -0.05) is 49.6 Å². The van der Waals surface area contributed by atoms with E-state index < -0.39 is 0 Å². The molecule has 1 aromatic rings. The van der Waals surface area contributed by atoms with Crippen LogP contribution >= 0.6 is 0 Å². The van der Waals surface area contributed by atoms with E-state index in [1.807, 2.05) is 0 Å². The van der Waals surface area contributed by atoms with Crippen LogP contribution in [-0.4, -0.2) is 6.54 Å². The first kappa shape index (κ1) is 10.3. The van der Waals surface area contributed by atoms with Crippen LogP contribution in [0.5, 0.6) is 0 Å². The number of rotatable bonds is 1. The number of fused-ring (bicyclic) bond motifs is 1. The van der Waals surface area contributed by atoms with Crippen LogP contribution in [0.2, 0.25) is 0 Å². The minimum atomic E-state index is 0.612. The molecule has 0 amide bonds. The zero-order chi connectivity index (χ0) is 10.8. The Morgan fingerprint density at radius 1 is 0.938 bits per heavy atom. The third-order valence-corrected chi connectivity index (χ3v) is 4.43. The maximum atomic E-state index is 3.73. The summed E-state index contributed by atoms with van der Waals surface area (Å²) in [6, 6.07) is 11.6. The highest BCUT2D eigenvalue weighted by Crippen LogP contribution is 2.39. The van der Waals surface area contributed by atoms with Gasteiger partial charge < -0.3 is 5.32 Å². The molecular weight excluding hydrogens is 194 g/mol. The lowest BCUT2D eigenvalue weighted by Gasteiger charge is -2.40. The lowest BCUT2D eigenvalue weighted by molar-refractivity contribution is 0.154. The molecule has 0 aromatic heterocycles. The minimum absolute atomic E-state index is 0.612. The highest BCUT2D eigenvalue weighted by molar-refractivity contribution is 5.19. The molecule has 0 radical (unpaired) electrons. The first-order chi connectivity index (χ1) is 7.93. The Hall–Kier alpha value is -0.820. The summed E-state index contributed by atoms with van der Waals surface area (Å²) in [5.74, 6) is 1.95. The molecule has 0 bridgehead atoms. The van der Waals surface area contributed by atoms with E-state index in [0.29, 0.717) is 6.04 Å². The van der Waals surface area contributed by atoms with Crippen LogP contribution in [0.3, 0.4) is 0 Å². The summed E-state index contributed by atoms with van der Waals surface area (Å²) < 4.78 is 0. The monoisotopic (exact) mass is 215 g/mol. The lowest BCUT2D eigenvalue weighted by Crippen LogP contribution is -2.40. The quantitative estimate of drug-likeness (QED) is 0.755. The molecule has 1 N–H and O–H groups in total. The van der Waals surface area contributed by atoms with Gasteiger partial charge >= 0.3 is 0 Å². The molecule has 1 aromatic carbocycles. The smallest absolute Gasteiger partial charge is 0.0323 e. The molecule has 1 unspecified atom stereocenters. The van der Waals surface area contributed by atoms with Crippen LogP contribution in [0.25, 0.3) is 0 Å². The largest absolute Gasteiger partial charge is 0.310 e. The van der Waals surface area contributed by atoms with Crippen molar-refractivity contribution in [2.75, 3.05) is 6.54 Å². The van der Waals surface area contributed by atoms with Gasteiger partial charge in [-0.05, 0) is 36.8 Å². The summed E-state index contributed by atoms with van der Waals surface area (Å²) in [6.07, 6.45) is 7.20. The van der Waals surface area contributed by atoms with Crippen LogP contribution in [-0.2, 0) is 0 Å². The first-order valence-electron chi connectivity index (χ1n) is 6.72. The molecule has 1 heterocycles. The highest BCUT2D eigenvalue weighted by atomic mass is 14.9. The molecule has 2 aliphatic rings. The number of piperidine rings is 1. The Labute approximate surface area is 98.3 Å². The highest BCUT2D eigenvalue weighted by Gasteiger charge is 2.32. The standard InChI is InChI=1S/C15H21N/c1-2-6-12(7-3-1)15-10-13-8-4-5-9-14(13)11-16-15/h1-3,6-7,13-16H,4-5,8-11H2/t13-,14?,15-/m0/s1. The molecule has 0 spiro atoms. The molecule has 1 saturated carbocycles. The van der Waals surface area contributed by atoms with Crippen molar-refractivity contribution < 1.29 is 0 Å². The first-order valence-corrected chi connectivity index (χ1v) is 6.72. The van der Waals surface area contributed by atoms with E-state index in [1.165, 1.54) is 44.2 Å².